The first-order chi connectivity index (χ1) is 12.7. The van der Waals surface area contributed by atoms with Crippen LogP contribution in [0.3, 0.4) is 0 Å². The number of imidazole rings is 1. The summed E-state index contributed by atoms with van der Waals surface area (Å²) in [6.45, 7) is 0.663. The molecule has 0 radical (unpaired) electrons. The van der Waals surface area contributed by atoms with Crippen LogP contribution in [0.25, 0.3) is 11.2 Å². The van der Waals surface area contributed by atoms with Crippen LogP contribution in [0.2, 0.25) is 5.02 Å². The quantitative estimate of drug-likeness (QED) is 0.697. The van der Waals surface area contributed by atoms with Crippen molar-refractivity contribution in [2.24, 2.45) is 5.92 Å². The summed E-state index contributed by atoms with van der Waals surface area (Å²) in [4.78, 5) is 14.8. The van der Waals surface area contributed by atoms with Crippen molar-refractivity contribution in [3.05, 3.63) is 35.4 Å². The third kappa shape index (κ3) is 3.72. The van der Waals surface area contributed by atoms with E-state index in [0.29, 0.717) is 35.7 Å². The third-order valence-corrected chi connectivity index (χ3v) is 4.96. The first-order valence-corrected chi connectivity index (χ1v) is 9.18. The van der Waals surface area contributed by atoms with Gasteiger partial charge in [-0.25, -0.2) is 19.7 Å². The molecule has 3 aromatic rings. The van der Waals surface area contributed by atoms with E-state index in [1.165, 1.54) is 44.2 Å². The zero-order valence-corrected chi connectivity index (χ0v) is 14.9. The lowest BCUT2D eigenvalue weighted by Gasteiger charge is -2.21. The number of benzene rings is 1. The van der Waals surface area contributed by atoms with E-state index >= 15 is 0 Å². The summed E-state index contributed by atoms with van der Waals surface area (Å²) in [6, 6.07) is 4.40. The molecule has 1 aliphatic carbocycles. The molecule has 0 saturated heterocycles. The summed E-state index contributed by atoms with van der Waals surface area (Å²) in [5.41, 5.74) is 1.88. The predicted octanol–water partition coefficient (Wildman–Crippen LogP) is 4.27. The van der Waals surface area contributed by atoms with Crippen LogP contribution in [0.1, 0.15) is 32.1 Å². The molecule has 1 fully saturated rings. The van der Waals surface area contributed by atoms with Crippen LogP contribution in [0.4, 0.5) is 16.0 Å². The molecule has 3 N–H and O–H groups in total. The molecule has 6 nitrogen and oxygen atoms in total. The van der Waals surface area contributed by atoms with Gasteiger partial charge in [0.1, 0.15) is 11.5 Å². The molecule has 4 rings (SSSR count). The Morgan fingerprint density at radius 1 is 1.31 bits per heavy atom. The molecular weight excluding hydrogens is 357 g/mol. The van der Waals surface area contributed by atoms with Crippen LogP contribution in [0, 0.1) is 11.7 Å². The van der Waals surface area contributed by atoms with E-state index < -0.39 is 5.82 Å². The van der Waals surface area contributed by atoms with E-state index in [4.69, 9.17) is 16.3 Å². The number of aromatic nitrogens is 4. The molecule has 136 valence electrons. The number of aromatic amines is 2. The Balaban J connectivity index is 1.56. The Labute approximate surface area is 155 Å². The normalized spacial score (nSPS) is 15.3. The summed E-state index contributed by atoms with van der Waals surface area (Å²) < 4.78 is 19.4. The molecule has 0 unspecified atom stereocenters. The second-order valence-corrected chi connectivity index (χ2v) is 6.99. The number of H-pyrrole nitrogens is 2. The SMILES string of the molecule is Fc1ccc(Nc2nc3nc[nH]c3c(OCC3CCCCC3)[nH+]2)cc1Cl. The van der Waals surface area contributed by atoms with Crippen LogP contribution in [0.15, 0.2) is 24.5 Å². The number of hydrogen-bond donors (Lipinski definition) is 2. The minimum absolute atomic E-state index is 0.0459. The Bertz CT molecular complexity index is 910. The highest BCUT2D eigenvalue weighted by Gasteiger charge is 2.20. The Morgan fingerprint density at radius 3 is 2.96 bits per heavy atom. The number of nitrogens with zero attached hydrogens (tertiary/aromatic N) is 2. The Kier molecular flexibility index (Phi) is 4.88. The predicted molar refractivity (Wildman–Crippen MR) is 97.2 cm³/mol. The summed E-state index contributed by atoms with van der Waals surface area (Å²) in [6.07, 6.45) is 7.85. The fraction of sp³-hybridized carbons (Fsp3) is 0.389. The van der Waals surface area contributed by atoms with Gasteiger partial charge in [-0.05, 0) is 41.9 Å². The lowest BCUT2D eigenvalue weighted by molar-refractivity contribution is -0.380. The Hall–Kier alpha value is -2.41. The van der Waals surface area contributed by atoms with Gasteiger partial charge >= 0.3 is 5.95 Å². The number of fused-ring (bicyclic) bond motifs is 1. The van der Waals surface area contributed by atoms with Crippen LogP contribution in [-0.2, 0) is 0 Å². The highest BCUT2D eigenvalue weighted by molar-refractivity contribution is 6.31. The Morgan fingerprint density at radius 2 is 2.15 bits per heavy atom. The molecule has 0 atom stereocenters. The number of hydrogen-bond acceptors (Lipinski definition) is 4. The van der Waals surface area contributed by atoms with Gasteiger partial charge in [-0.2, -0.15) is 0 Å². The zero-order valence-electron chi connectivity index (χ0n) is 14.2. The van der Waals surface area contributed by atoms with E-state index in [2.05, 4.69) is 25.3 Å². The van der Waals surface area contributed by atoms with Gasteiger partial charge in [0.25, 0.3) is 11.5 Å². The maximum Gasteiger partial charge on any atom is 0.399 e. The topological polar surface area (TPSA) is 77.0 Å². The first-order valence-electron chi connectivity index (χ1n) is 8.80. The average molecular weight is 377 g/mol. The van der Waals surface area contributed by atoms with Gasteiger partial charge in [-0.1, -0.05) is 30.9 Å². The number of halogens is 2. The van der Waals surface area contributed by atoms with Crippen molar-refractivity contribution in [3.8, 4) is 5.88 Å². The third-order valence-electron chi connectivity index (χ3n) is 4.67. The standard InChI is InChI=1S/C18H19ClFN5O/c19-13-8-12(6-7-14(13)20)23-18-24-16-15(21-10-22-16)17(25-18)26-9-11-4-2-1-3-5-11/h6-8,10-11H,1-5,9H2,(H2,21,22,23,24,25)/p+1. The fourth-order valence-electron chi connectivity index (χ4n) is 3.28. The zero-order chi connectivity index (χ0) is 17.9. The summed E-state index contributed by atoms with van der Waals surface area (Å²) in [7, 11) is 0. The van der Waals surface area contributed by atoms with Crippen molar-refractivity contribution >= 4 is 34.4 Å². The lowest BCUT2D eigenvalue weighted by Crippen LogP contribution is -2.21. The largest absolute Gasteiger partial charge is 0.466 e. The van der Waals surface area contributed by atoms with Crippen molar-refractivity contribution < 1.29 is 14.1 Å². The molecule has 2 heterocycles. The first kappa shape index (κ1) is 17.0. The summed E-state index contributed by atoms with van der Waals surface area (Å²) in [5, 5.41) is 3.13. The number of nitrogens with one attached hydrogen (secondary N) is 3. The smallest absolute Gasteiger partial charge is 0.399 e. The molecule has 0 spiro atoms. The maximum atomic E-state index is 13.3. The number of anilines is 2. The molecule has 1 aromatic carbocycles. The summed E-state index contributed by atoms with van der Waals surface area (Å²) in [5.74, 6) is 1.16. The van der Waals surface area contributed by atoms with E-state index in [1.54, 1.807) is 12.4 Å². The van der Waals surface area contributed by atoms with Gasteiger partial charge in [0.2, 0.25) is 0 Å². The highest BCUT2D eigenvalue weighted by Crippen LogP contribution is 2.26. The van der Waals surface area contributed by atoms with Gasteiger partial charge < -0.3 is 9.72 Å². The average Bonchev–Trinajstić information content (AvgIpc) is 3.12. The molecule has 1 saturated carbocycles. The highest BCUT2D eigenvalue weighted by atomic mass is 35.5. The van der Waals surface area contributed by atoms with Crippen LogP contribution < -0.4 is 15.0 Å². The van der Waals surface area contributed by atoms with Gasteiger partial charge in [0.15, 0.2) is 5.52 Å². The van der Waals surface area contributed by atoms with Gasteiger partial charge in [-0.3, -0.25) is 0 Å². The molecule has 8 heteroatoms. The molecule has 0 amide bonds. The molecule has 2 aromatic heterocycles. The van der Waals surface area contributed by atoms with Crippen molar-refractivity contribution in [2.75, 3.05) is 11.9 Å². The number of rotatable bonds is 5. The molecule has 0 aliphatic heterocycles. The van der Waals surface area contributed by atoms with E-state index in [0.717, 1.165) is 5.52 Å². The molecule has 1 aliphatic rings. The fourth-order valence-corrected chi connectivity index (χ4v) is 3.46. The van der Waals surface area contributed by atoms with E-state index in [1.807, 2.05) is 0 Å². The second-order valence-electron chi connectivity index (χ2n) is 6.58. The lowest BCUT2D eigenvalue weighted by atomic mass is 9.90. The van der Waals surface area contributed by atoms with E-state index in [9.17, 15) is 4.39 Å². The molecule has 26 heavy (non-hydrogen) atoms. The van der Waals surface area contributed by atoms with Gasteiger partial charge in [-0.15, -0.1) is 0 Å². The van der Waals surface area contributed by atoms with Crippen LogP contribution in [-0.4, -0.2) is 21.6 Å². The van der Waals surface area contributed by atoms with Crippen LogP contribution >= 0.6 is 11.6 Å². The maximum absolute atomic E-state index is 13.3. The van der Waals surface area contributed by atoms with Gasteiger partial charge in [0.05, 0.1) is 18.0 Å². The van der Waals surface area contributed by atoms with Crippen LogP contribution in [0.5, 0.6) is 5.88 Å². The minimum atomic E-state index is -0.464. The minimum Gasteiger partial charge on any atom is -0.466 e. The molecule has 0 bridgehead atoms. The van der Waals surface area contributed by atoms with E-state index in [-0.39, 0.29) is 5.02 Å². The van der Waals surface area contributed by atoms with Crippen molar-refractivity contribution in [1.82, 2.24) is 15.0 Å². The second kappa shape index (κ2) is 7.45. The van der Waals surface area contributed by atoms with Gasteiger partial charge in [0, 0.05) is 0 Å². The molecular formula is C18H20ClFN5O+. The van der Waals surface area contributed by atoms with Crippen molar-refractivity contribution in [2.45, 2.75) is 32.1 Å². The number of ether oxygens (including phenoxy) is 1. The monoisotopic (exact) mass is 376 g/mol. The van der Waals surface area contributed by atoms with Crippen molar-refractivity contribution in [3.63, 3.8) is 0 Å². The summed E-state index contributed by atoms with van der Waals surface area (Å²) >= 11 is 5.84. The van der Waals surface area contributed by atoms with Crippen molar-refractivity contribution in [1.29, 1.82) is 0 Å².